The van der Waals surface area contributed by atoms with Crippen molar-refractivity contribution in [1.82, 2.24) is 14.4 Å². The van der Waals surface area contributed by atoms with E-state index in [4.69, 9.17) is 4.74 Å². The van der Waals surface area contributed by atoms with Gasteiger partial charge in [-0.15, -0.1) is 0 Å². The fourth-order valence-corrected chi connectivity index (χ4v) is 4.88. The minimum Gasteiger partial charge on any atom is -0.381 e. The fourth-order valence-electron chi connectivity index (χ4n) is 4.88. The van der Waals surface area contributed by atoms with E-state index >= 15 is 0 Å². The van der Waals surface area contributed by atoms with Crippen molar-refractivity contribution in [1.29, 1.82) is 0 Å². The van der Waals surface area contributed by atoms with Gasteiger partial charge in [0.25, 0.3) is 5.91 Å². The highest BCUT2D eigenvalue weighted by Crippen LogP contribution is 2.51. The first kappa shape index (κ1) is 15.4. The molecule has 134 valence electrons. The Kier molecular flexibility index (Phi) is 3.62. The van der Waals surface area contributed by atoms with Gasteiger partial charge in [-0.2, -0.15) is 0 Å². The summed E-state index contributed by atoms with van der Waals surface area (Å²) >= 11 is 0. The molecule has 1 aromatic rings. The molecule has 6 nitrogen and oxygen atoms in total. The van der Waals surface area contributed by atoms with Crippen LogP contribution in [0.15, 0.2) is 12.1 Å². The van der Waals surface area contributed by atoms with Gasteiger partial charge in [0, 0.05) is 50.8 Å². The lowest BCUT2D eigenvalue weighted by Crippen LogP contribution is -2.36. The maximum Gasteiger partial charge on any atom is 0.270 e. The maximum absolute atomic E-state index is 12.8. The van der Waals surface area contributed by atoms with Gasteiger partial charge in [0.05, 0.1) is 13.2 Å². The molecule has 3 atom stereocenters. The van der Waals surface area contributed by atoms with Crippen molar-refractivity contribution in [3.63, 3.8) is 0 Å². The Morgan fingerprint density at radius 3 is 2.44 bits per heavy atom. The van der Waals surface area contributed by atoms with Crippen LogP contribution >= 0.6 is 0 Å². The molecule has 6 heteroatoms. The van der Waals surface area contributed by atoms with Gasteiger partial charge in [-0.1, -0.05) is 0 Å². The lowest BCUT2D eigenvalue weighted by molar-refractivity contribution is -0.134. The Morgan fingerprint density at radius 1 is 0.920 bits per heavy atom. The number of rotatable bonds is 2. The summed E-state index contributed by atoms with van der Waals surface area (Å²) in [5.41, 5.74) is 1.97. The monoisotopic (exact) mass is 343 g/mol. The summed E-state index contributed by atoms with van der Waals surface area (Å²) in [6.45, 7) is 5.44. The van der Waals surface area contributed by atoms with E-state index < -0.39 is 0 Å². The normalized spacial score (nSPS) is 30.8. The number of nitrogens with zero attached hydrogens (tertiary/aromatic N) is 3. The zero-order valence-electron chi connectivity index (χ0n) is 14.5. The molecule has 3 aliphatic heterocycles. The molecule has 1 aromatic heterocycles. The minimum absolute atomic E-state index is 0.150. The number of fused-ring (bicyclic) bond motifs is 2. The highest BCUT2D eigenvalue weighted by Gasteiger charge is 2.58. The summed E-state index contributed by atoms with van der Waals surface area (Å²) in [7, 11) is 0. The zero-order valence-corrected chi connectivity index (χ0v) is 14.5. The molecule has 25 heavy (non-hydrogen) atoms. The van der Waals surface area contributed by atoms with Crippen molar-refractivity contribution < 1.29 is 14.3 Å². The van der Waals surface area contributed by atoms with Gasteiger partial charge in [-0.3, -0.25) is 9.59 Å². The van der Waals surface area contributed by atoms with Crippen LogP contribution in [0.1, 0.15) is 29.0 Å². The maximum atomic E-state index is 12.8. The molecule has 0 spiro atoms. The van der Waals surface area contributed by atoms with E-state index in [0.717, 1.165) is 64.3 Å². The summed E-state index contributed by atoms with van der Waals surface area (Å²) in [4.78, 5) is 29.6. The number of carbonyl (C=O) groups is 2. The van der Waals surface area contributed by atoms with E-state index in [9.17, 15) is 9.59 Å². The van der Waals surface area contributed by atoms with E-state index in [0.29, 0.717) is 24.3 Å². The second kappa shape index (κ2) is 5.87. The van der Waals surface area contributed by atoms with Gasteiger partial charge in [-0.25, -0.2) is 0 Å². The molecule has 1 unspecified atom stereocenters. The van der Waals surface area contributed by atoms with Crippen molar-refractivity contribution in [3.05, 3.63) is 23.5 Å². The van der Waals surface area contributed by atoms with Crippen LogP contribution in [0.25, 0.3) is 0 Å². The number of hydrogen-bond acceptors (Lipinski definition) is 3. The highest BCUT2D eigenvalue weighted by atomic mass is 16.5. The number of amides is 2. The fraction of sp³-hybridized carbons (Fsp3) is 0.684. The van der Waals surface area contributed by atoms with Crippen molar-refractivity contribution in [3.8, 4) is 0 Å². The molecular formula is C19H25N3O3. The molecule has 2 saturated heterocycles. The molecule has 2 amide bonds. The summed E-state index contributed by atoms with van der Waals surface area (Å²) in [5, 5.41) is 0. The summed E-state index contributed by atoms with van der Waals surface area (Å²) in [5.74, 6) is 1.56. The first-order chi connectivity index (χ1) is 12.2. The molecular weight excluding hydrogens is 318 g/mol. The predicted molar refractivity (Wildman–Crippen MR) is 91.1 cm³/mol. The Balaban J connectivity index is 1.29. The zero-order chi connectivity index (χ0) is 17.0. The third kappa shape index (κ3) is 2.49. The number of likely N-dealkylation sites (tertiary alicyclic amines) is 1. The third-order valence-electron chi connectivity index (χ3n) is 6.46. The van der Waals surface area contributed by atoms with Gasteiger partial charge >= 0.3 is 0 Å². The first-order valence-electron chi connectivity index (χ1n) is 9.58. The SMILES string of the molecule is O=C(c1ccc2n1CCN(C(=O)C1[C@H]3COC[C@@H]13)CC2)N1CCCC1. The van der Waals surface area contributed by atoms with Crippen LogP contribution < -0.4 is 0 Å². The number of aromatic nitrogens is 1. The molecule has 4 aliphatic rings. The van der Waals surface area contributed by atoms with E-state index in [1.54, 1.807) is 0 Å². The first-order valence-corrected chi connectivity index (χ1v) is 9.58. The van der Waals surface area contributed by atoms with Gasteiger partial charge in [-0.05, 0) is 36.8 Å². The number of carbonyl (C=O) groups excluding carboxylic acids is 2. The predicted octanol–water partition coefficient (Wildman–Crippen LogP) is 1.00. The summed E-state index contributed by atoms with van der Waals surface area (Å²) in [6, 6.07) is 4.03. The average molecular weight is 343 g/mol. The molecule has 3 fully saturated rings. The lowest BCUT2D eigenvalue weighted by atomic mass is 10.2. The van der Waals surface area contributed by atoms with E-state index in [1.807, 2.05) is 15.9 Å². The Hall–Kier alpha value is -1.82. The Bertz CT molecular complexity index is 697. The number of hydrogen-bond donors (Lipinski definition) is 0. The molecule has 0 bridgehead atoms. The van der Waals surface area contributed by atoms with Crippen molar-refractivity contribution in [2.75, 3.05) is 39.4 Å². The van der Waals surface area contributed by atoms with Crippen molar-refractivity contribution in [2.45, 2.75) is 25.8 Å². The van der Waals surface area contributed by atoms with E-state index in [1.165, 1.54) is 5.69 Å². The van der Waals surface area contributed by atoms with Crippen molar-refractivity contribution >= 4 is 11.8 Å². The Labute approximate surface area is 147 Å². The molecule has 5 rings (SSSR count). The highest BCUT2D eigenvalue weighted by molar-refractivity contribution is 5.93. The second-order valence-corrected chi connectivity index (χ2v) is 7.83. The van der Waals surface area contributed by atoms with Gasteiger partial charge in [0.15, 0.2) is 0 Å². The van der Waals surface area contributed by atoms with Gasteiger partial charge in [0.1, 0.15) is 5.69 Å². The van der Waals surface area contributed by atoms with E-state index in [2.05, 4.69) is 10.6 Å². The molecule has 4 heterocycles. The van der Waals surface area contributed by atoms with Crippen LogP contribution in [-0.2, 0) is 22.5 Å². The lowest BCUT2D eigenvalue weighted by Gasteiger charge is -2.22. The quantitative estimate of drug-likeness (QED) is 0.805. The summed E-state index contributed by atoms with van der Waals surface area (Å²) in [6.07, 6.45) is 3.04. The largest absolute Gasteiger partial charge is 0.381 e. The standard InChI is InChI=1S/C19H25N3O3/c23-18(20-6-1-2-7-20)16-4-3-13-5-8-21(9-10-22(13)16)19(24)17-14-11-25-12-15(14)17/h3-4,14-15,17H,1-2,5-12H2/t14-,15+,17?. The number of ether oxygens (including phenoxy) is 1. The van der Waals surface area contributed by atoms with Crippen LogP contribution in [0, 0.1) is 17.8 Å². The van der Waals surface area contributed by atoms with Crippen LogP contribution in [0.5, 0.6) is 0 Å². The van der Waals surface area contributed by atoms with Crippen LogP contribution in [0.2, 0.25) is 0 Å². The molecule has 0 radical (unpaired) electrons. The van der Waals surface area contributed by atoms with Gasteiger partial charge < -0.3 is 19.1 Å². The summed E-state index contributed by atoms with van der Waals surface area (Å²) < 4.78 is 7.55. The van der Waals surface area contributed by atoms with Crippen LogP contribution in [0.3, 0.4) is 0 Å². The van der Waals surface area contributed by atoms with Crippen molar-refractivity contribution in [2.24, 2.45) is 17.8 Å². The molecule has 0 N–H and O–H groups in total. The van der Waals surface area contributed by atoms with Crippen LogP contribution in [0.4, 0.5) is 0 Å². The minimum atomic E-state index is 0.150. The molecule has 1 saturated carbocycles. The molecule has 0 aromatic carbocycles. The van der Waals surface area contributed by atoms with Crippen LogP contribution in [-0.4, -0.2) is 65.6 Å². The average Bonchev–Trinajstić information content (AvgIpc) is 3.07. The topological polar surface area (TPSA) is 54.8 Å². The third-order valence-corrected chi connectivity index (χ3v) is 6.46. The Morgan fingerprint density at radius 2 is 1.68 bits per heavy atom. The smallest absolute Gasteiger partial charge is 0.270 e. The second-order valence-electron chi connectivity index (χ2n) is 7.83. The molecule has 1 aliphatic carbocycles. The van der Waals surface area contributed by atoms with Gasteiger partial charge in [0.2, 0.25) is 5.91 Å². The van der Waals surface area contributed by atoms with E-state index in [-0.39, 0.29) is 11.8 Å².